The molecule has 0 rings (SSSR count). The molecule has 9 heavy (non-hydrogen) atoms. The molecule has 0 aliphatic carbocycles. The van der Waals surface area contributed by atoms with Crippen LogP contribution in [0.3, 0.4) is 0 Å². The molecule has 1 radical (unpaired) electrons. The van der Waals surface area contributed by atoms with E-state index in [9.17, 15) is 0 Å². The van der Waals surface area contributed by atoms with Crippen molar-refractivity contribution in [2.24, 2.45) is 0 Å². The molecule has 0 aliphatic rings. The van der Waals surface area contributed by atoms with Gasteiger partial charge in [-0.15, -0.1) is 0 Å². The summed E-state index contributed by atoms with van der Waals surface area (Å²) >= 11 is 0. The van der Waals surface area contributed by atoms with Crippen molar-refractivity contribution in [1.82, 2.24) is 0 Å². The monoisotopic (exact) mass is 235 g/mol. The van der Waals surface area contributed by atoms with E-state index in [1.807, 2.05) is 13.6 Å². The van der Waals surface area contributed by atoms with E-state index in [0.29, 0.717) is 0 Å². The Labute approximate surface area is 71.4 Å². The van der Waals surface area contributed by atoms with Crippen LogP contribution in [0.15, 0.2) is 0 Å². The Hall–Kier alpha value is 0.180. The van der Waals surface area contributed by atoms with E-state index in [4.69, 9.17) is 9.59 Å². The van der Waals surface area contributed by atoms with Crippen molar-refractivity contribution in [3.05, 3.63) is 0 Å². The Morgan fingerprint density at radius 3 is 0.889 bits per heavy atom. The molecular formula is C5H13O2RuSi. The molecule has 2 nitrogen and oxygen atoms in total. The van der Waals surface area contributed by atoms with Crippen molar-refractivity contribution < 1.29 is 29.1 Å². The van der Waals surface area contributed by atoms with E-state index in [-0.39, 0.29) is 28.3 Å². The van der Waals surface area contributed by atoms with Gasteiger partial charge >= 0.3 is 0 Å². The Morgan fingerprint density at radius 2 is 0.889 bits per heavy atom. The minimum Gasteiger partial charge on any atom is -0.307 e. The van der Waals surface area contributed by atoms with Gasteiger partial charge in [-0.2, -0.15) is 0 Å². The Kier molecular flexibility index (Phi) is 106. The van der Waals surface area contributed by atoms with E-state index >= 15 is 0 Å². The maximum absolute atomic E-state index is 8.00. The molecule has 0 aliphatic heterocycles. The van der Waals surface area contributed by atoms with Crippen LogP contribution in [0.5, 0.6) is 0 Å². The second-order valence-corrected chi connectivity index (χ2v) is 4.50. The summed E-state index contributed by atoms with van der Waals surface area (Å²) in [6, 6.07) is 0. The zero-order valence-electron chi connectivity index (χ0n) is 6.08. The van der Waals surface area contributed by atoms with Crippen molar-refractivity contribution in [3.63, 3.8) is 0 Å². The van der Waals surface area contributed by atoms with E-state index in [1.54, 1.807) is 0 Å². The smallest absolute Gasteiger partial charge is 0.106 e. The molecule has 0 amide bonds. The van der Waals surface area contributed by atoms with Gasteiger partial charge in [-0.25, -0.2) is 0 Å². The average molecular weight is 234 g/mol. The third kappa shape index (κ3) is 9620. The molecule has 0 aromatic heterocycles. The summed E-state index contributed by atoms with van der Waals surface area (Å²) in [7, 11) is 0.120. The van der Waals surface area contributed by atoms with Crippen molar-refractivity contribution in [1.29, 1.82) is 0 Å². The molecule has 0 spiro atoms. The maximum atomic E-state index is 8.00. The van der Waals surface area contributed by atoms with Crippen LogP contribution in [-0.2, 0) is 29.1 Å². The maximum Gasteiger partial charge on any atom is 0.106 e. The molecule has 0 N–H and O–H groups in total. The number of carbonyl (C=O) groups excluding carboxylic acids is 2. The third-order valence-electron chi connectivity index (χ3n) is 0. The SMILES string of the molecule is C=O.C=O.C[Si](C)C.[Ru]. The van der Waals surface area contributed by atoms with E-state index in [1.165, 1.54) is 0 Å². The molecule has 0 saturated heterocycles. The first-order valence-corrected chi connectivity index (χ1v) is 5.08. The first-order valence-electron chi connectivity index (χ1n) is 2.08. The fraction of sp³-hybridized carbons (Fsp3) is 0.600. The Balaban J connectivity index is -0.0000000221. The van der Waals surface area contributed by atoms with Crippen molar-refractivity contribution in [2.45, 2.75) is 19.6 Å². The number of hydrogen-bond acceptors (Lipinski definition) is 2. The van der Waals surface area contributed by atoms with E-state index in [0.717, 1.165) is 0 Å². The van der Waals surface area contributed by atoms with Crippen LogP contribution in [0.25, 0.3) is 0 Å². The van der Waals surface area contributed by atoms with Crippen molar-refractivity contribution >= 4 is 22.4 Å². The summed E-state index contributed by atoms with van der Waals surface area (Å²) in [5.41, 5.74) is 0. The summed E-state index contributed by atoms with van der Waals surface area (Å²) in [5.74, 6) is 0. The van der Waals surface area contributed by atoms with Crippen LogP contribution in [0.2, 0.25) is 19.6 Å². The number of hydrogen-bond donors (Lipinski definition) is 0. The Bertz CT molecular complexity index is 31.4. The molecular weight excluding hydrogens is 221 g/mol. The van der Waals surface area contributed by atoms with Gasteiger partial charge in [-0.3, -0.25) is 0 Å². The second-order valence-electron chi connectivity index (χ2n) is 1.50. The summed E-state index contributed by atoms with van der Waals surface area (Å²) in [6.07, 6.45) is 0. The van der Waals surface area contributed by atoms with E-state index in [2.05, 4.69) is 19.6 Å². The minimum atomic E-state index is 0. The molecule has 0 aromatic carbocycles. The summed E-state index contributed by atoms with van der Waals surface area (Å²) in [6.45, 7) is 10.8. The van der Waals surface area contributed by atoms with Crippen LogP contribution in [0, 0.1) is 0 Å². The third-order valence-corrected chi connectivity index (χ3v) is 0. The van der Waals surface area contributed by atoms with Gasteiger partial charge in [0.1, 0.15) is 13.6 Å². The first kappa shape index (κ1) is 22.9. The molecule has 0 heterocycles. The number of carbonyl (C=O) groups is 2. The molecule has 4 heteroatoms. The number of rotatable bonds is 0. The van der Waals surface area contributed by atoms with Gasteiger partial charge < -0.3 is 9.59 Å². The van der Waals surface area contributed by atoms with E-state index < -0.39 is 0 Å². The molecule has 0 fully saturated rings. The van der Waals surface area contributed by atoms with Gasteiger partial charge in [0.2, 0.25) is 0 Å². The Morgan fingerprint density at radius 1 is 0.889 bits per heavy atom. The summed E-state index contributed by atoms with van der Waals surface area (Å²) in [5, 5.41) is 0. The van der Waals surface area contributed by atoms with Crippen LogP contribution < -0.4 is 0 Å². The molecule has 57 valence electrons. The second kappa shape index (κ2) is 41.7. The van der Waals surface area contributed by atoms with Crippen LogP contribution in [-0.4, -0.2) is 22.4 Å². The zero-order chi connectivity index (χ0) is 7.58. The fourth-order valence-electron chi connectivity index (χ4n) is 0. The normalized spacial score (nSPS) is 4.89. The predicted octanol–water partition coefficient (Wildman–Crippen LogP) is 0.998. The van der Waals surface area contributed by atoms with Crippen LogP contribution in [0.1, 0.15) is 0 Å². The zero-order valence-corrected chi connectivity index (χ0v) is 8.82. The molecule has 0 bridgehead atoms. The first-order chi connectivity index (χ1) is 3.73. The quantitative estimate of drug-likeness (QED) is 0.586. The van der Waals surface area contributed by atoms with Crippen molar-refractivity contribution in [3.8, 4) is 0 Å². The van der Waals surface area contributed by atoms with Crippen molar-refractivity contribution in [2.75, 3.05) is 0 Å². The largest absolute Gasteiger partial charge is 0.307 e. The molecule has 0 unspecified atom stereocenters. The van der Waals surface area contributed by atoms with Gasteiger partial charge in [0.25, 0.3) is 0 Å². The average Bonchev–Trinajstić information content (AvgIpc) is 1.75. The summed E-state index contributed by atoms with van der Waals surface area (Å²) < 4.78 is 0. The minimum absolute atomic E-state index is 0. The molecule has 0 aromatic rings. The topological polar surface area (TPSA) is 34.1 Å². The van der Waals surface area contributed by atoms with Gasteiger partial charge in [0, 0.05) is 28.3 Å². The molecule has 0 atom stereocenters. The van der Waals surface area contributed by atoms with Gasteiger partial charge in [-0.1, -0.05) is 19.6 Å². The van der Waals surface area contributed by atoms with Crippen LogP contribution >= 0.6 is 0 Å². The van der Waals surface area contributed by atoms with Gasteiger partial charge in [0.05, 0.1) is 0 Å². The van der Waals surface area contributed by atoms with Crippen LogP contribution in [0.4, 0.5) is 0 Å². The fourth-order valence-corrected chi connectivity index (χ4v) is 0. The van der Waals surface area contributed by atoms with Gasteiger partial charge in [0.15, 0.2) is 0 Å². The van der Waals surface area contributed by atoms with Gasteiger partial charge in [-0.05, 0) is 0 Å². The predicted molar refractivity (Wildman–Crippen MR) is 37.6 cm³/mol. The summed E-state index contributed by atoms with van der Waals surface area (Å²) in [4.78, 5) is 16.0. The standard InChI is InChI=1S/C3H9Si.2CH2O.Ru/c1-4(2)3;2*1-2;/h1-3H3;2*1H2;. The molecule has 0 saturated carbocycles.